The molecular formula is C25H26ClN5O2S. The van der Waals surface area contributed by atoms with Gasteiger partial charge in [0.05, 0.1) is 15.6 Å². The number of nitrogens with zero attached hydrogens (tertiary/aromatic N) is 4. The van der Waals surface area contributed by atoms with Crippen molar-refractivity contribution >= 4 is 60.7 Å². The second-order valence-electron chi connectivity index (χ2n) is 9.10. The highest BCUT2D eigenvalue weighted by Crippen LogP contribution is 2.33. The summed E-state index contributed by atoms with van der Waals surface area (Å²) >= 11 is 7.77. The predicted molar refractivity (Wildman–Crippen MR) is 139 cm³/mol. The molecule has 3 aromatic heterocycles. The number of aromatic nitrogens is 2. The summed E-state index contributed by atoms with van der Waals surface area (Å²) in [5, 5.41) is 4.05. The molecule has 1 aromatic carbocycles. The number of halogens is 1. The van der Waals surface area contributed by atoms with Gasteiger partial charge >= 0.3 is 0 Å². The average Bonchev–Trinajstić information content (AvgIpc) is 3.60. The summed E-state index contributed by atoms with van der Waals surface area (Å²) < 4.78 is 2.90. The maximum absolute atomic E-state index is 13.6. The fraction of sp³-hybridized carbons (Fsp3) is 0.400. The van der Waals surface area contributed by atoms with Gasteiger partial charge < -0.3 is 15.1 Å². The van der Waals surface area contributed by atoms with E-state index in [1.807, 2.05) is 34.7 Å². The number of benzene rings is 1. The third kappa shape index (κ3) is 3.74. The van der Waals surface area contributed by atoms with Crippen molar-refractivity contribution in [3.63, 3.8) is 0 Å². The number of hydrogen-bond acceptors (Lipinski definition) is 6. The normalized spacial score (nSPS) is 16.9. The van der Waals surface area contributed by atoms with Crippen LogP contribution in [-0.2, 0) is 0 Å². The van der Waals surface area contributed by atoms with Crippen molar-refractivity contribution in [1.29, 1.82) is 0 Å². The summed E-state index contributed by atoms with van der Waals surface area (Å²) in [6.45, 7) is 5.38. The van der Waals surface area contributed by atoms with Crippen molar-refractivity contribution in [2.75, 3.05) is 44.2 Å². The number of pyridine rings is 2. The van der Waals surface area contributed by atoms with Crippen molar-refractivity contribution in [2.45, 2.75) is 25.7 Å². The monoisotopic (exact) mass is 495 g/mol. The van der Waals surface area contributed by atoms with E-state index in [0.29, 0.717) is 27.4 Å². The molecule has 2 aliphatic heterocycles. The Kier molecular flexibility index (Phi) is 5.67. The number of fused-ring (bicyclic) bond motifs is 5. The number of likely N-dealkylation sites (tertiary alicyclic amines) is 1. The third-order valence-electron chi connectivity index (χ3n) is 6.90. The van der Waals surface area contributed by atoms with Gasteiger partial charge in [-0.25, -0.2) is 4.98 Å². The lowest BCUT2D eigenvalue weighted by molar-refractivity contribution is 0.0950. The lowest BCUT2D eigenvalue weighted by Gasteiger charge is -2.17. The molecule has 9 heteroatoms. The summed E-state index contributed by atoms with van der Waals surface area (Å²) in [5.74, 6) is 0.535. The first kappa shape index (κ1) is 21.8. The van der Waals surface area contributed by atoms with Gasteiger partial charge in [0.1, 0.15) is 16.2 Å². The van der Waals surface area contributed by atoms with Crippen molar-refractivity contribution < 1.29 is 4.79 Å². The van der Waals surface area contributed by atoms with Crippen LogP contribution in [0.25, 0.3) is 26.1 Å². The molecule has 2 aliphatic rings. The predicted octanol–water partition coefficient (Wildman–Crippen LogP) is 4.14. The van der Waals surface area contributed by atoms with Crippen molar-refractivity contribution in [1.82, 2.24) is 19.6 Å². The van der Waals surface area contributed by atoms with Crippen LogP contribution in [0.2, 0.25) is 5.02 Å². The van der Waals surface area contributed by atoms with Crippen LogP contribution in [0.3, 0.4) is 0 Å². The summed E-state index contributed by atoms with van der Waals surface area (Å²) in [7, 11) is 0. The molecule has 176 valence electrons. The average molecular weight is 496 g/mol. The highest BCUT2D eigenvalue weighted by atomic mass is 35.5. The minimum Gasteiger partial charge on any atom is -0.357 e. The summed E-state index contributed by atoms with van der Waals surface area (Å²) in [5.41, 5.74) is 1.34. The number of amides is 1. The minimum absolute atomic E-state index is 0.182. The van der Waals surface area contributed by atoms with Gasteiger partial charge in [-0.3, -0.25) is 14.0 Å². The number of rotatable bonds is 5. The van der Waals surface area contributed by atoms with Crippen LogP contribution < -0.4 is 15.6 Å². The Morgan fingerprint density at radius 1 is 1.06 bits per heavy atom. The van der Waals surface area contributed by atoms with Gasteiger partial charge in [0.15, 0.2) is 5.65 Å². The molecule has 1 N–H and O–H groups in total. The zero-order chi connectivity index (χ0) is 23.2. The van der Waals surface area contributed by atoms with E-state index in [-0.39, 0.29) is 16.9 Å². The van der Waals surface area contributed by atoms with Crippen molar-refractivity contribution in [3.05, 3.63) is 51.1 Å². The largest absolute Gasteiger partial charge is 0.357 e. The number of carbonyl (C=O) groups is 1. The number of thiazole rings is 1. The van der Waals surface area contributed by atoms with E-state index < -0.39 is 0 Å². The van der Waals surface area contributed by atoms with Crippen LogP contribution >= 0.6 is 22.9 Å². The van der Waals surface area contributed by atoms with E-state index in [9.17, 15) is 9.59 Å². The zero-order valence-electron chi connectivity index (χ0n) is 18.8. The van der Waals surface area contributed by atoms with Gasteiger partial charge in [0, 0.05) is 31.2 Å². The Morgan fingerprint density at radius 3 is 2.62 bits per heavy atom. The molecule has 0 atom stereocenters. The second kappa shape index (κ2) is 8.83. The molecule has 1 amide bonds. The molecule has 7 nitrogen and oxygen atoms in total. The van der Waals surface area contributed by atoms with Crippen molar-refractivity contribution in [3.8, 4) is 0 Å². The lowest BCUT2D eigenvalue weighted by atomic mass is 10.1. The molecule has 4 aromatic rings. The molecule has 6 rings (SSSR count). The van der Waals surface area contributed by atoms with E-state index in [2.05, 4.69) is 15.1 Å². The maximum Gasteiger partial charge on any atom is 0.258 e. The van der Waals surface area contributed by atoms with Crippen LogP contribution in [0, 0.1) is 0 Å². The topological polar surface area (TPSA) is 70.0 Å². The van der Waals surface area contributed by atoms with E-state index in [4.69, 9.17) is 16.6 Å². The first-order chi connectivity index (χ1) is 16.6. The van der Waals surface area contributed by atoms with Gasteiger partial charge in [-0.1, -0.05) is 11.6 Å². The molecule has 34 heavy (non-hydrogen) atoms. The Balaban J connectivity index is 1.50. The smallest absolute Gasteiger partial charge is 0.258 e. The van der Waals surface area contributed by atoms with Gasteiger partial charge in [-0.05, 0) is 69.1 Å². The van der Waals surface area contributed by atoms with Gasteiger partial charge in [0.25, 0.3) is 5.91 Å². The number of anilines is 1. The van der Waals surface area contributed by atoms with Crippen molar-refractivity contribution in [2.24, 2.45) is 0 Å². The van der Waals surface area contributed by atoms with Crippen LogP contribution in [0.1, 0.15) is 36.0 Å². The third-order valence-corrected chi connectivity index (χ3v) is 8.28. The SMILES string of the molecule is O=C(NCCN1CCCC1)c1c(=O)c2ccc(N3CCCC3)nc2n2c1sc1ccc(Cl)cc12. The molecule has 0 radical (unpaired) electrons. The van der Waals surface area contributed by atoms with E-state index >= 15 is 0 Å². The van der Waals surface area contributed by atoms with Crippen LogP contribution in [0.15, 0.2) is 35.1 Å². The fourth-order valence-electron chi connectivity index (χ4n) is 5.15. The number of hydrogen-bond donors (Lipinski definition) is 1. The Hall–Kier alpha value is -2.68. The molecule has 2 saturated heterocycles. The standard InChI is InChI=1S/C25H26ClN5O2S/c26-16-5-7-19-18(15-16)31-23-17(6-8-20(28-23)30-12-3-4-13-30)22(32)21(25(31)34-19)24(33)27-9-14-29-10-1-2-11-29/h5-8,15H,1-4,9-14H2,(H,27,33). The minimum atomic E-state index is -0.329. The van der Waals surface area contributed by atoms with E-state index in [1.165, 1.54) is 24.2 Å². The lowest BCUT2D eigenvalue weighted by Crippen LogP contribution is -2.35. The number of carbonyl (C=O) groups excluding carboxylic acids is 1. The summed E-state index contributed by atoms with van der Waals surface area (Å²) in [4.78, 5) is 37.1. The first-order valence-electron chi connectivity index (χ1n) is 11.9. The molecule has 0 spiro atoms. The van der Waals surface area contributed by atoms with Crippen LogP contribution in [0.5, 0.6) is 0 Å². The summed E-state index contributed by atoms with van der Waals surface area (Å²) in [6, 6.07) is 9.37. The quantitative estimate of drug-likeness (QED) is 0.450. The van der Waals surface area contributed by atoms with Gasteiger partial charge in [0.2, 0.25) is 5.43 Å². The van der Waals surface area contributed by atoms with E-state index in [0.717, 1.165) is 61.6 Å². The van der Waals surface area contributed by atoms with Crippen LogP contribution in [0.4, 0.5) is 5.82 Å². The van der Waals surface area contributed by atoms with Gasteiger partial charge in [-0.2, -0.15) is 0 Å². The maximum atomic E-state index is 13.6. The first-order valence-corrected chi connectivity index (χ1v) is 13.1. The molecule has 0 bridgehead atoms. The van der Waals surface area contributed by atoms with E-state index in [1.54, 1.807) is 0 Å². The molecule has 2 fully saturated rings. The zero-order valence-corrected chi connectivity index (χ0v) is 20.4. The second-order valence-corrected chi connectivity index (χ2v) is 10.6. The van der Waals surface area contributed by atoms with Gasteiger partial charge in [-0.15, -0.1) is 11.3 Å². The molecule has 5 heterocycles. The Labute approximate surface area is 205 Å². The molecule has 0 unspecified atom stereocenters. The Bertz CT molecular complexity index is 1470. The highest BCUT2D eigenvalue weighted by Gasteiger charge is 2.24. The number of nitrogens with one attached hydrogen (secondary N) is 1. The Morgan fingerprint density at radius 2 is 1.82 bits per heavy atom. The fourth-order valence-corrected chi connectivity index (χ4v) is 6.48. The summed E-state index contributed by atoms with van der Waals surface area (Å²) in [6.07, 6.45) is 4.69. The molecule has 0 saturated carbocycles. The highest BCUT2D eigenvalue weighted by molar-refractivity contribution is 7.24. The van der Waals surface area contributed by atoms with Crippen LogP contribution in [-0.4, -0.2) is 59.5 Å². The molecular weight excluding hydrogens is 470 g/mol. The molecule has 0 aliphatic carbocycles.